The highest BCUT2D eigenvalue weighted by Gasteiger charge is 2.52. The van der Waals surface area contributed by atoms with E-state index >= 15 is 0 Å². The Balaban J connectivity index is 1.60. The van der Waals surface area contributed by atoms with Gasteiger partial charge in [-0.1, -0.05) is 6.07 Å². The summed E-state index contributed by atoms with van der Waals surface area (Å²) in [5, 5.41) is 7.23. The molecule has 0 spiro atoms. The summed E-state index contributed by atoms with van der Waals surface area (Å²) >= 11 is 0. The normalized spacial score (nSPS) is 25.1. The predicted octanol–water partition coefficient (Wildman–Crippen LogP) is 0.398. The van der Waals surface area contributed by atoms with Crippen molar-refractivity contribution in [3.05, 3.63) is 42.6 Å². The van der Waals surface area contributed by atoms with Crippen LogP contribution >= 0.6 is 0 Å². The lowest BCUT2D eigenvalue weighted by molar-refractivity contribution is 0.279. The third-order valence-corrected chi connectivity index (χ3v) is 6.92. The number of hydrogen-bond donors (Lipinski definition) is 3. The van der Waals surface area contributed by atoms with E-state index in [0.717, 1.165) is 12.8 Å². The van der Waals surface area contributed by atoms with Crippen molar-refractivity contribution in [2.24, 2.45) is 0 Å². The molecule has 0 radical (unpaired) electrons. The first-order chi connectivity index (χ1) is 15.1. The van der Waals surface area contributed by atoms with Crippen LogP contribution in [0.25, 0.3) is 17.1 Å². The van der Waals surface area contributed by atoms with Gasteiger partial charge in [-0.2, -0.15) is 9.78 Å². The summed E-state index contributed by atoms with van der Waals surface area (Å²) in [7, 11) is -3.89. The number of aromatic nitrogens is 5. The molecule has 3 aliphatic rings. The van der Waals surface area contributed by atoms with Crippen LogP contribution in [-0.4, -0.2) is 51.3 Å². The van der Waals surface area contributed by atoms with Crippen LogP contribution in [-0.2, 0) is 10.0 Å². The molecule has 2 aromatic heterocycles. The molecule has 1 aliphatic carbocycles. The molecule has 10 nitrogen and oxygen atoms in total. The Morgan fingerprint density at radius 1 is 1.41 bits per heavy atom. The standard InChI is InChI=1S/C18H20N8O2S/c1-11-2-3-13(29(27,28)25-18-5-12(6-18)22-8-18)4-14(11)15-7-21-16(19)17(24-15)26-10-20-9-23-26/h2-4,7,9-10,12,22,25H,5-6,8H2,1H3,(H2,19,21)/i1D3. The third-order valence-electron chi connectivity index (χ3n) is 5.35. The lowest BCUT2D eigenvalue weighted by atomic mass is 9.79. The van der Waals surface area contributed by atoms with Crippen LogP contribution in [0.2, 0.25) is 0 Å². The van der Waals surface area contributed by atoms with Crippen molar-refractivity contribution in [2.75, 3.05) is 12.3 Å². The maximum atomic E-state index is 13.1. The molecule has 2 saturated heterocycles. The van der Waals surface area contributed by atoms with Crippen LogP contribution in [0.1, 0.15) is 22.5 Å². The summed E-state index contributed by atoms with van der Waals surface area (Å²) in [6.07, 6.45) is 5.44. The maximum Gasteiger partial charge on any atom is 0.241 e. The number of anilines is 1. The largest absolute Gasteiger partial charge is 0.381 e. The van der Waals surface area contributed by atoms with Crippen molar-refractivity contribution < 1.29 is 12.5 Å². The fraction of sp³-hybridized carbons (Fsp3) is 0.333. The van der Waals surface area contributed by atoms with E-state index in [2.05, 4.69) is 30.1 Å². The molecule has 0 amide bonds. The predicted molar refractivity (Wildman–Crippen MR) is 106 cm³/mol. The number of sulfonamides is 1. The Morgan fingerprint density at radius 3 is 2.97 bits per heavy atom. The highest BCUT2D eigenvalue weighted by atomic mass is 32.2. The molecule has 2 bridgehead atoms. The van der Waals surface area contributed by atoms with Gasteiger partial charge in [-0.25, -0.2) is 28.1 Å². The van der Waals surface area contributed by atoms with Gasteiger partial charge in [-0.3, -0.25) is 0 Å². The lowest BCUT2D eigenvalue weighted by Gasteiger charge is -2.37. The fourth-order valence-corrected chi connectivity index (χ4v) is 5.33. The van der Waals surface area contributed by atoms with Gasteiger partial charge in [0.05, 0.1) is 16.8 Å². The Hall–Kier alpha value is -2.89. The minimum Gasteiger partial charge on any atom is -0.381 e. The minimum absolute atomic E-state index is 0.0499. The zero-order valence-electron chi connectivity index (χ0n) is 18.2. The fourth-order valence-electron chi connectivity index (χ4n) is 3.88. The summed E-state index contributed by atoms with van der Waals surface area (Å²) < 4.78 is 54.0. The highest BCUT2D eigenvalue weighted by molar-refractivity contribution is 7.89. The van der Waals surface area contributed by atoms with E-state index in [0.29, 0.717) is 12.6 Å². The van der Waals surface area contributed by atoms with Gasteiger partial charge in [0.2, 0.25) is 10.0 Å². The second-order valence-corrected chi connectivity index (χ2v) is 9.07. The molecule has 6 rings (SSSR count). The quantitative estimate of drug-likeness (QED) is 0.544. The number of benzene rings is 1. The van der Waals surface area contributed by atoms with Gasteiger partial charge in [-0.05, 0) is 37.4 Å². The summed E-state index contributed by atoms with van der Waals surface area (Å²) in [4.78, 5) is 12.3. The molecule has 4 N–H and O–H groups in total. The van der Waals surface area contributed by atoms with Crippen molar-refractivity contribution in [1.82, 2.24) is 34.8 Å². The minimum atomic E-state index is -3.89. The van der Waals surface area contributed by atoms with E-state index in [9.17, 15) is 8.42 Å². The smallest absolute Gasteiger partial charge is 0.241 e. The van der Waals surface area contributed by atoms with E-state index in [4.69, 9.17) is 9.85 Å². The van der Waals surface area contributed by atoms with Crippen LogP contribution in [0.15, 0.2) is 41.9 Å². The maximum absolute atomic E-state index is 13.1. The van der Waals surface area contributed by atoms with Gasteiger partial charge in [0.1, 0.15) is 12.7 Å². The number of nitrogen functional groups attached to an aromatic ring is 1. The zero-order chi connectivity index (χ0) is 22.7. The summed E-state index contributed by atoms with van der Waals surface area (Å²) in [5.41, 5.74) is 5.63. The number of nitrogens with two attached hydrogens (primary N) is 1. The van der Waals surface area contributed by atoms with Gasteiger partial charge >= 0.3 is 0 Å². The Kier molecular flexibility index (Phi) is 3.27. The Labute approximate surface area is 171 Å². The average Bonchev–Trinajstić information content (AvgIpc) is 3.44. The number of fused-ring (bicyclic) bond motifs is 1. The van der Waals surface area contributed by atoms with Gasteiger partial charge in [0, 0.05) is 27.8 Å². The Morgan fingerprint density at radius 2 is 2.28 bits per heavy atom. The van der Waals surface area contributed by atoms with Gasteiger partial charge in [0.15, 0.2) is 11.6 Å². The molecule has 0 unspecified atom stereocenters. The van der Waals surface area contributed by atoms with Crippen LogP contribution in [0.3, 0.4) is 0 Å². The first kappa shape index (κ1) is 15.0. The number of nitrogens with zero attached hydrogens (tertiary/aromatic N) is 5. The van der Waals surface area contributed by atoms with Gasteiger partial charge in [-0.15, -0.1) is 0 Å². The topological polar surface area (TPSA) is 141 Å². The van der Waals surface area contributed by atoms with Crippen molar-refractivity contribution >= 4 is 15.8 Å². The van der Waals surface area contributed by atoms with E-state index in [-0.39, 0.29) is 33.4 Å². The van der Waals surface area contributed by atoms with E-state index < -0.39 is 22.4 Å². The molecule has 3 aromatic rings. The molecular formula is C18H20N8O2S. The second-order valence-electron chi connectivity index (χ2n) is 7.38. The molecule has 2 aliphatic heterocycles. The molecule has 1 saturated carbocycles. The second kappa shape index (κ2) is 6.31. The Bertz CT molecular complexity index is 1280. The molecule has 4 heterocycles. The van der Waals surface area contributed by atoms with Crippen molar-refractivity contribution in [2.45, 2.75) is 36.2 Å². The van der Waals surface area contributed by atoms with E-state index in [1.165, 1.54) is 41.7 Å². The zero-order valence-corrected chi connectivity index (χ0v) is 16.0. The molecule has 29 heavy (non-hydrogen) atoms. The number of hydrogen-bond acceptors (Lipinski definition) is 8. The highest BCUT2D eigenvalue weighted by Crippen LogP contribution is 2.39. The number of aryl methyl sites for hydroxylation is 1. The molecular weight excluding hydrogens is 392 g/mol. The molecule has 0 atom stereocenters. The van der Waals surface area contributed by atoms with Crippen LogP contribution in [0, 0.1) is 6.85 Å². The third kappa shape index (κ3) is 3.07. The first-order valence-electron chi connectivity index (χ1n) is 10.5. The van der Waals surface area contributed by atoms with E-state index in [1.807, 2.05) is 0 Å². The summed E-state index contributed by atoms with van der Waals surface area (Å²) in [6, 6.07) is 4.24. The molecule has 150 valence electrons. The monoisotopic (exact) mass is 415 g/mol. The number of nitrogens with one attached hydrogen (secondary N) is 2. The van der Waals surface area contributed by atoms with Crippen LogP contribution in [0.5, 0.6) is 0 Å². The molecule has 11 heteroatoms. The van der Waals surface area contributed by atoms with Crippen molar-refractivity contribution in [3.63, 3.8) is 0 Å². The van der Waals surface area contributed by atoms with Gasteiger partial charge in [0.25, 0.3) is 0 Å². The summed E-state index contributed by atoms with van der Waals surface area (Å²) in [5.74, 6) is 0.215. The van der Waals surface area contributed by atoms with Crippen molar-refractivity contribution in [1.29, 1.82) is 0 Å². The molecule has 1 aromatic carbocycles. The SMILES string of the molecule is [2H]C([2H])([2H])c1ccc(S(=O)(=O)NC23CNC(C2)C3)cc1-c1cnc(N)c(-n2cncn2)n1. The lowest BCUT2D eigenvalue weighted by Crippen LogP contribution is -2.54. The average molecular weight is 415 g/mol. The van der Waals surface area contributed by atoms with E-state index in [1.54, 1.807) is 0 Å². The molecule has 3 fully saturated rings. The van der Waals surface area contributed by atoms with Gasteiger partial charge < -0.3 is 11.1 Å². The van der Waals surface area contributed by atoms with Crippen LogP contribution < -0.4 is 15.8 Å². The van der Waals surface area contributed by atoms with Crippen LogP contribution in [0.4, 0.5) is 5.82 Å². The van der Waals surface area contributed by atoms with Crippen molar-refractivity contribution in [3.8, 4) is 17.1 Å². The summed E-state index contributed by atoms with van der Waals surface area (Å²) in [6.45, 7) is -1.93. The number of rotatable bonds is 5. The first-order valence-corrected chi connectivity index (χ1v) is 10.4.